The van der Waals surface area contributed by atoms with Crippen molar-refractivity contribution < 1.29 is 27.8 Å². The van der Waals surface area contributed by atoms with Crippen LogP contribution in [0.5, 0.6) is 5.75 Å². The maximum atomic E-state index is 12.3. The van der Waals surface area contributed by atoms with E-state index in [2.05, 4.69) is 4.74 Å². The minimum Gasteiger partial charge on any atom is -0.480 e. The van der Waals surface area contributed by atoms with Crippen molar-refractivity contribution in [2.45, 2.75) is 24.9 Å². The van der Waals surface area contributed by atoms with Crippen LogP contribution in [0.25, 0.3) is 0 Å². The largest absolute Gasteiger partial charge is 0.573 e. The smallest absolute Gasteiger partial charge is 0.480 e. The Hall–Kier alpha value is -1.80. The number of likely N-dealkylation sites (tertiary alicyclic amines) is 1. The predicted octanol–water partition coefficient (Wildman–Crippen LogP) is 1.57. The molecule has 8 heteroatoms. The maximum Gasteiger partial charge on any atom is 0.573 e. The average molecular weight is 304 g/mol. The molecule has 1 fully saturated rings. The van der Waals surface area contributed by atoms with Gasteiger partial charge >= 0.3 is 12.3 Å². The van der Waals surface area contributed by atoms with Crippen LogP contribution < -0.4 is 10.5 Å². The van der Waals surface area contributed by atoms with E-state index in [0.29, 0.717) is 12.1 Å². The lowest BCUT2D eigenvalue weighted by Crippen LogP contribution is -2.50. The van der Waals surface area contributed by atoms with Crippen molar-refractivity contribution in [2.24, 2.45) is 5.73 Å². The molecule has 1 saturated heterocycles. The SMILES string of the molecule is NC1(C(=O)O)CCN(Cc2ccccc2OC(F)(F)F)C1. The van der Waals surface area contributed by atoms with Crippen LogP contribution in [0.1, 0.15) is 12.0 Å². The van der Waals surface area contributed by atoms with E-state index >= 15 is 0 Å². The number of hydrogen-bond donors (Lipinski definition) is 2. The fraction of sp³-hybridized carbons (Fsp3) is 0.462. The molecule has 0 bridgehead atoms. The zero-order valence-electron chi connectivity index (χ0n) is 11.1. The minimum atomic E-state index is -4.76. The number of benzene rings is 1. The summed E-state index contributed by atoms with van der Waals surface area (Å²) in [5.41, 5.74) is 4.72. The molecule has 1 aromatic carbocycles. The van der Waals surface area contributed by atoms with Crippen molar-refractivity contribution in [3.05, 3.63) is 29.8 Å². The number of nitrogens with two attached hydrogens (primary N) is 1. The van der Waals surface area contributed by atoms with Crippen LogP contribution in [0.3, 0.4) is 0 Å². The van der Waals surface area contributed by atoms with Crippen LogP contribution in [0.4, 0.5) is 13.2 Å². The minimum absolute atomic E-state index is 0.0860. The lowest BCUT2D eigenvalue weighted by molar-refractivity contribution is -0.275. The second kappa shape index (κ2) is 5.53. The van der Waals surface area contributed by atoms with Gasteiger partial charge in [-0.2, -0.15) is 0 Å². The Morgan fingerprint density at radius 2 is 2.10 bits per heavy atom. The van der Waals surface area contributed by atoms with Gasteiger partial charge < -0.3 is 15.6 Å². The topological polar surface area (TPSA) is 75.8 Å². The Labute approximate surface area is 119 Å². The molecular formula is C13H15F3N2O3. The summed E-state index contributed by atoms with van der Waals surface area (Å²) in [7, 11) is 0. The van der Waals surface area contributed by atoms with E-state index in [9.17, 15) is 18.0 Å². The summed E-state index contributed by atoms with van der Waals surface area (Å²) in [5, 5.41) is 9.04. The van der Waals surface area contributed by atoms with Gasteiger partial charge in [0.1, 0.15) is 11.3 Å². The third kappa shape index (κ3) is 3.85. The lowest BCUT2D eigenvalue weighted by Gasteiger charge is -2.21. The van der Waals surface area contributed by atoms with Crippen LogP contribution >= 0.6 is 0 Å². The number of carbonyl (C=O) groups is 1. The van der Waals surface area contributed by atoms with Crippen molar-refractivity contribution in [3.63, 3.8) is 0 Å². The highest BCUT2D eigenvalue weighted by atomic mass is 19.4. The van der Waals surface area contributed by atoms with Crippen molar-refractivity contribution >= 4 is 5.97 Å². The molecule has 0 aliphatic carbocycles. The normalized spacial score (nSPS) is 23.2. The first-order valence-corrected chi connectivity index (χ1v) is 6.28. The average Bonchev–Trinajstić information content (AvgIpc) is 2.73. The molecule has 0 spiro atoms. The van der Waals surface area contributed by atoms with Crippen LogP contribution in [-0.4, -0.2) is 41.0 Å². The quantitative estimate of drug-likeness (QED) is 0.883. The highest BCUT2D eigenvalue weighted by Crippen LogP contribution is 2.29. The molecule has 1 atom stereocenters. The summed E-state index contributed by atoms with van der Waals surface area (Å²) >= 11 is 0. The molecule has 0 saturated carbocycles. The van der Waals surface area contributed by atoms with Crippen molar-refractivity contribution in [1.29, 1.82) is 0 Å². The number of ether oxygens (including phenoxy) is 1. The Kier molecular flexibility index (Phi) is 4.11. The van der Waals surface area contributed by atoms with E-state index < -0.39 is 17.9 Å². The molecule has 116 valence electrons. The zero-order chi connectivity index (χ0) is 15.7. The molecule has 5 nitrogen and oxygen atoms in total. The summed E-state index contributed by atoms with van der Waals surface area (Å²) in [4.78, 5) is 12.8. The molecule has 1 aromatic rings. The predicted molar refractivity (Wildman–Crippen MR) is 67.6 cm³/mol. The molecule has 1 unspecified atom stereocenters. The number of rotatable bonds is 4. The third-order valence-electron chi connectivity index (χ3n) is 3.40. The zero-order valence-corrected chi connectivity index (χ0v) is 11.1. The van der Waals surface area contributed by atoms with E-state index in [4.69, 9.17) is 10.8 Å². The lowest BCUT2D eigenvalue weighted by atomic mass is 10.0. The standard InChI is InChI=1S/C13H15F3N2O3/c14-13(15,16)21-10-4-2-1-3-9(10)7-18-6-5-12(17,8-18)11(19)20/h1-4H,5-8,17H2,(H,19,20). The molecule has 0 amide bonds. The van der Waals surface area contributed by atoms with Gasteiger partial charge in [-0.3, -0.25) is 9.69 Å². The van der Waals surface area contributed by atoms with Crippen molar-refractivity contribution in [1.82, 2.24) is 4.90 Å². The van der Waals surface area contributed by atoms with Crippen molar-refractivity contribution in [2.75, 3.05) is 13.1 Å². The van der Waals surface area contributed by atoms with Gasteiger partial charge in [0.25, 0.3) is 0 Å². The summed E-state index contributed by atoms with van der Waals surface area (Å²) in [5.74, 6) is -1.39. The van der Waals surface area contributed by atoms with Gasteiger partial charge in [-0.05, 0) is 12.5 Å². The Bertz CT molecular complexity index is 536. The van der Waals surface area contributed by atoms with Gasteiger partial charge in [0.05, 0.1) is 0 Å². The number of hydrogen-bond acceptors (Lipinski definition) is 4. The third-order valence-corrected chi connectivity index (χ3v) is 3.40. The highest BCUT2D eigenvalue weighted by Gasteiger charge is 2.41. The van der Waals surface area contributed by atoms with E-state index in [1.54, 1.807) is 11.0 Å². The van der Waals surface area contributed by atoms with E-state index in [-0.39, 0.29) is 25.3 Å². The summed E-state index contributed by atoms with van der Waals surface area (Å²) in [6, 6.07) is 5.78. The molecule has 1 heterocycles. The molecular weight excluding hydrogens is 289 g/mol. The number of carboxylic acid groups (broad SMARTS) is 1. The highest BCUT2D eigenvalue weighted by molar-refractivity contribution is 5.79. The van der Waals surface area contributed by atoms with Gasteiger partial charge in [0, 0.05) is 25.2 Å². The van der Waals surface area contributed by atoms with Crippen LogP contribution in [0, 0.1) is 0 Å². The summed E-state index contributed by atoms with van der Waals surface area (Å²) in [6.07, 6.45) is -4.51. The first kappa shape index (κ1) is 15.6. The monoisotopic (exact) mass is 304 g/mol. The number of para-hydroxylation sites is 1. The first-order chi connectivity index (χ1) is 9.70. The summed E-state index contributed by atoms with van der Waals surface area (Å²) < 4.78 is 41.0. The summed E-state index contributed by atoms with van der Waals surface area (Å²) in [6.45, 7) is 0.643. The van der Waals surface area contributed by atoms with Gasteiger partial charge in [-0.25, -0.2) is 0 Å². The molecule has 1 aliphatic rings. The van der Waals surface area contributed by atoms with Crippen LogP contribution in [0.2, 0.25) is 0 Å². The Morgan fingerprint density at radius 3 is 2.67 bits per heavy atom. The second-order valence-corrected chi connectivity index (χ2v) is 5.08. The fourth-order valence-corrected chi connectivity index (χ4v) is 2.32. The van der Waals surface area contributed by atoms with Gasteiger partial charge in [-0.1, -0.05) is 18.2 Å². The molecule has 0 aromatic heterocycles. The van der Waals surface area contributed by atoms with Gasteiger partial charge in [0.15, 0.2) is 0 Å². The molecule has 2 rings (SSSR count). The fourth-order valence-electron chi connectivity index (χ4n) is 2.32. The van der Waals surface area contributed by atoms with Gasteiger partial charge in [-0.15, -0.1) is 13.2 Å². The maximum absolute atomic E-state index is 12.3. The van der Waals surface area contributed by atoms with Crippen LogP contribution in [0.15, 0.2) is 24.3 Å². The van der Waals surface area contributed by atoms with Crippen molar-refractivity contribution in [3.8, 4) is 5.75 Å². The molecule has 21 heavy (non-hydrogen) atoms. The molecule has 1 aliphatic heterocycles. The number of nitrogens with zero attached hydrogens (tertiary/aromatic N) is 1. The number of alkyl halides is 3. The second-order valence-electron chi connectivity index (χ2n) is 5.08. The number of carboxylic acids is 1. The van der Waals surface area contributed by atoms with E-state index in [0.717, 1.165) is 0 Å². The van der Waals surface area contributed by atoms with E-state index in [1.165, 1.54) is 18.2 Å². The van der Waals surface area contributed by atoms with Gasteiger partial charge in [0.2, 0.25) is 0 Å². The van der Waals surface area contributed by atoms with Crippen LogP contribution in [-0.2, 0) is 11.3 Å². The molecule has 0 radical (unpaired) electrons. The number of aliphatic carboxylic acids is 1. The van der Waals surface area contributed by atoms with E-state index in [1.807, 2.05) is 0 Å². The Morgan fingerprint density at radius 1 is 1.43 bits per heavy atom. The first-order valence-electron chi connectivity index (χ1n) is 6.28. The Balaban J connectivity index is 2.09. The molecule has 3 N–H and O–H groups in total. The number of halogens is 3.